The SMILES string of the molecule is CC1(O)CCCC1c1cn[nH]n1. The minimum absolute atomic E-state index is 0.163. The molecule has 1 fully saturated rings. The van der Waals surface area contributed by atoms with Crippen LogP contribution in [0.1, 0.15) is 37.8 Å². The van der Waals surface area contributed by atoms with E-state index < -0.39 is 5.60 Å². The number of aliphatic hydroxyl groups is 1. The Morgan fingerprint density at radius 1 is 1.75 bits per heavy atom. The summed E-state index contributed by atoms with van der Waals surface area (Å²) >= 11 is 0. The second-order valence-corrected chi connectivity index (χ2v) is 3.70. The Morgan fingerprint density at radius 2 is 2.58 bits per heavy atom. The van der Waals surface area contributed by atoms with Crippen LogP contribution in [0.15, 0.2) is 6.20 Å². The van der Waals surface area contributed by atoms with Crippen LogP contribution in [0, 0.1) is 0 Å². The zero-order chi connectivity index (χ0) is 8.60. The van der Waals surface area contributed by atoms with Crippen LogP contribution in [0.5, 0.6) is 0 Å². The van der Waals surface area contributed by atoms with Crippen LogP contribution in [0.4, 0.5) is 0 Å². The molecule has 0 aromatic carbocycles. The minimum atomic E-state index is -0.586. The fraction of sp³-hybridized carbons (Fsp3) is 0.750. The third kappa shape index (κ3) is 1.12. The van der Waals surface area contributed by atoms with Gasteiger partial charge in [0.25, 0.3) is 0 Å². The van der Waals surface area contributed by atoms with Gasteiger partial charge in [0.2, 0.25) is 0 Å². The molecule has 1 saturated carbocycles. The van der Waals surface area contributed by atoms with Gasteiger partial charge in [0.1, 0.15) is 0 Å². The van der Waals surface area contributed by atoms with Crippen LogP contribution in [0.25, 0.3) is 0 Å². The lowest BCUT2D eigenvalue weighted by Crippen LogP contribution is -2.27. The van der Waals surface area contributed by atoms with Crippen LogP contribution in [-0.2, 0) is 0 Å². The smallest absolute Gasteiger partial charge is 0.0884 e. The van der Waals surface area contributed by atoms with Crippen molar-refractivity contribution in [1.29, 1.82) is 0 Å². The zero-order valence-corrected chi connectivity index (χ0v) is 7.12. The Kier molecular flexibility index (Phi) is 1.65. The molecule has 2 rings (SSSR count). The van der Waals surface area contributed by atoms with E-state index >= 15 is 0 Å². The zero-order valence-electron chi connectivity index (χ0n) is 7.12. The van der Waals surface area contributed by atoms with Crippen LogP contribution in [0.3, 0.4) is 0 Å². The third-order valence-corrected chi connectivity index (χ3v) is 2.72. The summed E-state index contributed by atoms with van der Waals surface area (Å²) in [7, 11) is 0. The molecule has 0 radical (unpaired) electrons. The Hall–Kier alpha value is -0.900. The summed E-state index contributed by atoms with van der Waals surface area (Å²) in [6, 6.07) is 0. The molecule has 0 bridgehead atoms. The fourth-order valence-corrected chi connectivity index (χ4v) is 1.99. The second kappa shape index (κ2) is 2.55. The summed E-state index contributed by atoms with van der Waals surface area (Å²) < 4.78 is 0. The molecule has 4 heteroatoms. The van der Waals surface area contributed by atoms with E-state index in [1.807, 2.05) is 6.92 Å². The van der Waals surface area contributed by atoms with Crippen LogP contribution in [0.2, 0.25) is 0 Å². The number of H-pyrrole nitrogens is 1. The first-order valence-corrected chi connectivity index (χ1v) is 4.28. The van der Waals surface area contributed by atoms with Crippen molar-refractivity contribution in [1.82, 2.24) is 15.4 Å². The van der Waals surface area contributed by atoms with Crippen molar-refractivity contribution in [3.05, 3.63) is 11.9 Å². The first-order valence-electron chi connectivity index (χ1n) is 4.28. The summed E-state index contributed by atoms with van der Waals surface area (Å²) in [6.45, 7) is 1.87. The molecule has 1 aliphatic rings. The monoisotopic (exact) mass is 167 g/mol. The van der Waals surface area contributed by atoms with Gasteiger partial charge in [-0.1, -0.05) is 0 Å². The van der Waals surface area contributed by atoms with Crippen LogP contribution in [-0.4, -0.2) is 26.1 Å². The Balaban J connectivity index is 2.25. The molecule has 1 heterocycles. The molecule has 1 aromatic heterocycles. The van der Waals surface area contributed by atoms with Crippen molar-refractivity contribution in [3.8, 4) is 0 Å². The Morgan fingerprint density at radius 3 is 3.08 bits per heavy atom. The Labute approximate surface area is 71.0 Å². The van der Waals surface area contributed by atoms with Gasteiger partial charge >= 0.3 is 0 Å². The number of hydrogen-bond acceptors (Lipinski definition) is 3. The quantitative estimate of drug-likeness (QED) is 0.651. The van der Waals surface area contributed by atoms with E-state index in [1.165, 1.54) is 0 Å². The van der Waals surface area contributed by atoms with E-state index in [0.717, 1.165) is 25.0 Å². The van der Waals surface area contributed by atoms with E-state index in [0.29, 0.717) is 0 Å². The molecular weight excluding hydrogens is 154 g/mol. The number of nitrogens with one attached hydrogen (secondary N) is 1. The molecule has 2 atom stereocenters. The molecule has 66 valence electrons. The number of rotatable bonds is 1. The van der Waals surface area contributed by atoms with Crippen molar-refractivity contribution in [2.45, 2.75) is 37.7 Å². The molecule has 0 amide bonds. The van der Waals surface area contributed by atoms with Gasteiger partial charge in [0.15, 0.2) is 0 Å². The van der Waals surface area contributed by atoms with E-state index in [9.17, 15) is 5.11 Å². The highest BCUT2D eigenvalue weighted by Crippen LogP contribution is 2.41. The van der Waals surface area contributed by atoms with Crippen molar-refractivity contribution in [2.24, 2.45) is 0 Å². The lowest BCUT2D eigenvalue weighted by atomic mass is 9.91. The van der Waals surface area contributed by atoms with Gasteiger partial charge in [0.05, 0.1) is 17.5 Å². The lowest BCUT2D eigenvalue weighted by molar-refractivity contribution is 0.0484. The van der Waals surface area contributed by atoms with Gasteiger partial charge in [-0.25, -0.2) is 0 Å². The molecule has 2 N–H and O–H groups in total. The number of hydrogen-bond donors (Lipinski definition) is 2. The summed E-state index contributed by atoms with van der Waals surface area (Å²) in [6.07, 6.45) is 4.65. The average molecular weight is 167 g/mol. The van der Waals surface area contributed by atoms with Gasteiger partial charge in [-0.3, -0.25) is 0 Å². The predicted octanol–water partition coefficient (Wildman–Crippen LogP) is 0.823. The summed E-state index contributed by atoms with van der Waals surface area (Å²) in [4.78, 5) is 0. The maximum absolute atomic E-state index is 9.94. The topological polar surface area (TPSA) is 61.8 Å². The molecule has 4 nitrogen and oxygen atoms in total. The summed E-state index contributed by atoms with van der Waals surface area (Å²) in [5, 5.41) is 20.3. The third-order valence-electron chi connectivity index (χ3n) is 2.72. The molecule has 0 spiro atoms. The maximum Gasteiger partial charge on any atom is 0.0884 e. The number of nitrogens with zero attached hydrogens (tertiary/aromatic N) is 2. The second-order valence-electron chi connectivity index (χ2n) is 3.70. The molecule has 12 heavy (non-hydrogen) atoms. The number of aromatic amines is 1. The van der Waals surface area contributed by atoms with Gasteiger partial charge < -0.3 is 5.11 Å². The van der Waals surface area contributed by atoms with E-state index in [2.05, 4.69) is 15.4 Å². The lowest BCUT2D eigenvalue weighted by Gasteiger charge is -2.23. The molecule has 0 saturated heterocycles. The predicted molar refractivity (Wildman–Crippen MR) is 43.6 cm³/mol. The van der Waals surface area contributed by atoms with Crippen LogP contribution < -0.4 is 0 Å². The van der Waals surface area contributed by atoms with Gasteiger partial charge in [-0.2, -0.15) is 15.4 Å². The summed E-state index contributed by atoms with van der Waals surface area (Å²) in [5.41, 5.74) is 0.300. The fourth-order valence-electron chi connectivity index (χ4n) is 1.99. The molecule has 0 aliphatic heterocycles. The first-order chi connectivity index (χ1) is 5.70. The molecule has 2 unspecified atom stereocenters. The molecule has 1 aliphatic carbocycles. The van der Waals surface area contributed by atoms with Crippen molar-refractivity contribution < 1.29 is 5.11 Å². The van der Waals surface area contributed by atoms with Gasteiger partial charge in [0, 0.05) is 5.92 Å². The average Bonchev–Trinajstić information content (AvgIpc) is 2.55. The first kappa shape index (κ1) is 7.73. The maximum atomic E-state index is 9.94. The van der Waals surface area contributed by atoms with Crippen LogP contribution >= 0.6 is 0 Å². The van der Waals surface area contributed by atoms with Gasteiger partial charge in [-0.05, 0) is 26.2 Å². The van der Waals surface area contributed by atoms with Crippen molar-refractivity contribution in [2.75, 3.05) is 0 Å². The van der Waals surface area contributed by atoms with E-state index in [4.69, 9.17) is 0 Å². The van der Waals surface area contributed by atoms with E-state index in [1.54, 1.807) is 6.20 Å². The molecule has 1 aromatic rings. The van der Waals surface area contributed by atoms with Gasteiger partial charge in [-0.15, -0.1) is 0 Å². The highest BCUT2D eigenvalue weighted by atomic mass is 16.3. The van der Waals surface area contributed by atoms with Crippen molar-refractivity contribution >= 4 is 0 Å². The standard InChI is InChI=1S/C8H13N3O/c1-8(12)4-2-3-6(8)7-5-9-11-10-7/h5-6,12H,2-4H2,1H3,(H,9,10,11). The number of aromatic nitrogens is 3. The normalized spacial score (nSPS) is 35.7. The minimum Gasteiger partial charge on any atom is -0.389 e. The van der Waals surface area contributed by atoms with E-state index in [-0.39, 0.29) is 5.92 Å². The molecular formula is C8H13N3O. The summed E-state index contributed by atoms with van der Waals surface area (Å²) in [5.74, 6) is 0.163. The van der Waals surface area contributed by atoms with Crippen molar-refractivity contribution in [3.63, 3.8) is 0 Å². The highest BCUT2D eigenvalue weighted by Gasteiger charge is 2.38. The largest absolute Gasteiger partial charge is 0.389 e. The highest BCUT2D eigenvalue weighted by molar-refractivity contribution is 5.11. The Bertz CT molecular complexity index is 255.